The van der Waals surface area contributed by atoms with Crippen LogP contribution >= 0.6 is 0 Å². The third-order valence-corrected chi connectivity index (χ3v) is 4.16. The molecule has 3 nitrogen and oxygen atoms in total. The van der Waals surface area contributed by atoms with Crippen molar-refractivity contribution in [3.8, 4) is 0 Å². The van der Waals surface area contributed by atoms with Crippen LogP contribution in [0.5, 0.6) is 0 Å². The third-order valence-electron chi connectivity index (χ3n) is 4.16. The van der Waals surface area contributed by atoms with E-state index in [9.17, 15) is 4.79 Å². The van der Waals surface area contributed by atoms with Crippen molar-refractivity contribution in [2.75, 3.05) is 6.54 Å². The SMILES string of the molecule is CCCCCC(C)(C)CN1C(=O)C(C(C)C)NC1C. The van der Waals surface area contributed by atoms with E-state index >= 15 is 0 Å². The Morgan fingerprint density at radius 1 is 1.32 bits per heavy atom. The molecule has 2 unspecified atom stereocenters. The van der Waals surface area contributed by atoms with E-state index in [1.54, 1.807) is 0 Å². The molecule has 1 saturated heterocycles. The second kappa shape index (κ2) is 6.74. The number of carbonyl (C=O) groups excluding carboxylic acids is 1. The van der Waals surface area contributed by atoms with Crippen molar-refractivity contribution in [2.45, 2.75) is 79.4 Å². The minimum atomic E-state index is 0.00134. The van der Waals surface area contributed by atoms with E-state index in [0.29, 0.717) is 5.92 Å². The van der Waals surface area contributed by atoms with E-state index < -0.39 is 0 Å². The Labute approximate surface area is 119 Å². The van der Waals surface area contributed by atoms with Gasteiger partial charge in [-0.15, -0.1) is 0 Å². The number of hydrogen-bond acceptors (Lipinski definition) is 2. The maximum Gasteiger partial charge on any atom is 0.241 e. The van der Waals surface area contributed by atoms with Gasteiger partial charge in [0, 0.05) is 6.54 Å². The first-order valence-corrected chi connectivity index (χ1v) is 7.85. The van der Waals surface area contributed by atoms with Crippen LogP contribution in [0.1, 0.15) is 67.2 Å². The fourth-order valence-corrected chi connectivity index (χ4v) is 2.88. The van der Waals surface area contributed by atoms with Crippen LogP contribution in [0, 0.1) is 11.3 Å². The Kier molecular flexibility index (Phi) is 5.84. The molecule has 0 radical (unpaired) electrons. The number of nitrogens with one attached hydrogen (secondary N) is 1. The first-order valence-electron chi connectivity index (χ1n) is 7.85. The molecule has 1 aliphatic rings. The summed E-state index contributed by atoms with van der Waals surface area (Å²) in [6, 6.07) is 0.00134. The highest BCUT2D eigenvalue weighted by Gasteiger charge is 2.39. The van der Waals surface area contributed by atoms with Crippen LogP contribution in [0.3, 0.4) is 0 Å². The Bertz CT molecular complexity index is 299. The van der Waals surface area contributed by atoms with Crippen LogP contribution in [0.15, 0.2) is 0 Å². The van der Waals surface area contributed by atoms with Gasteiger partial charge in [-0.3, -0.25) is 10.1 Å². The number of amides is 1. The number of hydrogen-bond donors (Lipinski definition) is 1. The molecule has 1 heterocycles. The van der Waals surface area contributed by atoms with Gasteiger partial charge < -0.3 is 4.90 Å². The van der Waals surface area contributed by atoms with Gasteiger partial charge in [0.2, 0.25) is 5.91 Å². The fourth-order valence-electron chi connectivity index (χ4n) is 2.88. The molecule has 1 aliphatic heterocycles. The second-order valence-electron chi connectivity index (χ2n) is 7.15. The Balaban J connectivity index is 2.58. The van der Waals surface area contributed by atoms with E-state index in [0.717, 1.165) is 6.54 Å². The van der Waals surface area contributed by atoms with Gasteiger partial charge in [-0.25, -0.2) is 0 Å². The van der Waals surface area contributed by atoms with Crippen LogP contribution in [0.25, 0.3) is 0 Å². The predicted octanol–water partition coefficient (Wildman–Crippen LogP) is 3.40. The van der Waals surface area contributed by atoms with Crippen molar-refractivity contribution in [3.63, 3.8) is 0 Å². The number of nitrogens with zero attached hydrogens (tertiary/aromatic N) is 1. The molecule has 0 aromatic heterocycles. The van der Waals surface area contributed by atoms with Crippen LogP contribution in [0.2, 0.25) is 0 Å². The summed E-state index contributed by atoms with van der Waals surface area (Å²) in [7, 11) is 0. The first-order chi connectivity index (χ1) is 8.78. The molecule has 1 N–H and O–H groups in total. The van der Waals surface area contributed by atoms with Gasteiger partial charge in [0.05, 0.1) is 12.2 Å². The van der Waals surface area contributed by atoms with Crippen LogP contribution in [-0.4, -0.2) is 29.6 Å². The van der Waals surface area contributed by atoms with E-state index in [1.807, 2.05) is 4.90 Å². The molecule has 0 spiro atoms. The smallest absolute Gasteiger partial charge is 0.241 e. The predicted molar refractivity (Wildman–Crippen MR) is 80.9 cm³/mol. The molecule has 0 aliphatic carbocycles. The molecule has 1 amide bonds. The maximum atomic E-state index is 12.4. The topological polar surface area (TPSA) is 32.3 Å². The zero-order chi connectivity index (χ0) is 14.6. The zero-order valence-corrected chi connectivity index (χ0v) is 13.6. The molecule has 3 heteroatoms. The lowest BCUT2D eigenvalue weighted by molar-refractivity contribution is -0.132. The van der Waals surface area contributed by atoms with Crippen molar-refractivity contribution in [2.24, 2.45) is 11.3 Å². The summed E-state index contributed by atoms with van der Waals surface area (Å²) in [5, 5.41) is 3.42. The molecule has 0 aromatic carbocycles. The summed E-state index contributed by atoms with van der Waals surface area (Å²) in [5.41, 5.74) is 0.215. The average molecular weight is 268 g/mol. The molecule has 0 saturated carbocycles. The molecule has 1 rings (SSSR count). The number of unbranched alkanes of at least 4 members (excludes halogenated alkanes) is 2. The molecule has 0 bridgehead atoms. The standard InChI is InChI=1S/C16H32N2O/c1-7-8-9-10-16(5,6)11-18-13(4)17-14(12(2)3)15(18)19/h12-14,17H,7-11H2,1-6H3. The lowest BCUT2D eigenvalue weighted by atomic mass is 9.86. The Morgan fingerprint density at radius 2 is 1.95 bits per heavy atom. The van der Waals surface area contributed by atoms with Gasteiger partial charge in [-0.2, -0.15) is 0 Å². The van der Waals surface area contributed by atoms with Gasteiger partial charge in [0.15, 0.2) is 0 Å². The number of carbonyl (C=O) groups is 1. The van der Waals surface area contributed by atoms with Crippen LogP contribution in [-0.2, 0) is 4.79 Å². The average Bonchev–Trinajstić information content (AvgIpc) is 2.57. The normalized spacial score (nSPS) is 24.6. The maximum absolute atomic E-state index is 12.4. The minimum absolute atomic E-state index is 0.00134. The summed E-state index contributed by atoms with van der Waals surface area (Å²) < 4.78 is 0. The summed E-state index contributed by atoms with van der Waals surface area (Å²) in [4.78, 5) is 14.5. The first kappa shape index (κ1) is 16.5. The van der Waals surface area contributed by atoms with E-state index in [-0.39, 0.29) is 23.5 Å². The zero-order valence-electron chi connectivity index (χ0n) is 13.6. The quantitative estimate of drug-likeness (QED) is 0.718. The highest BCUT2D eigenvalue weighted by atomic mass is 16.2. The van der Waals surface area contributed by atoms with Crippen molar-refractivity contribution in [3.05, 3.63) is 0 Å². The molecule has 0 aromatic rings. The van der Waals surface area contributed by atoms with Crippen molar-refractivity contribution in [1.82, 2.24) is 10.2 Å². The van der Waals surface area contributed by atoms with Crippen molar-refractivity contribution < 1.29 is 4.79 Å². The van der Waals surface area contributed by atoms with Gasteiger partial charge in [0.25, 0.3) is 0 Å². The summed E-state index contributed by atoms with van der Waals surface area (Å²) >= 11 is 0. The Hall–Kier alpha value is -0.570. The van der Waals surface area contributed by atoms with E-state index in [2.05, 4.69) is 46.9 Å². The lowest BCUT2D eigenvalue weighted by Crippen LogP contribution is -2.41. The molecular formula is C16H32N2O. The summed E-state index contributed by atoms with van der Waals surface area (Å²) in [5.74, 6) is 0.647. The molecule has 2 atom stereocenters. The van der Waals surface area contributed by atoms with Crippen molar-refractivity contribution >= 4 is 5.91 Å². The van der Waals surface area contributed by atoms with Crippen molar-refractivity contribution in [1.29, 1.82) is 0 Å². The molecule has 19 heavy (non-hydrogen) atoms. The van der Waals surface area contributed by atoms with E-state index in [1.165, 1.54) is 25.7 Å². The highest BCUT2D eigenvalue weighted by molar-refractivity contribution is 5.84. The lowest BCUT2D eigenvalue weighted by Gasteiger charge is -2.32. The molecule has 1 fully saturated rings. The summed E-state index contributed by atoms with van der Waals surface area (Å²) in [6.45, 7) is 14.0. The number of rotatable bonds is 7. The van der Waals surface area contributed by atoms with Gasteiger partial charge in [-0.05, 0) is 24.7 Å². The molecule has 112 valence electrons. The third kappa shape index (κ3) is 4.48. The minimum Gasteiger partial charge on any atom is -0.326 e. The Morgan fingerprint density at radius 3 is 2.42 bits per heavy atom. The van der Waals surface area contributed by atoms with Crippen LogP contribution < -0.4 is 5.32 Å². The van der Waals surface area contributed by atoms with Gasteiger partial charge in [0.1, 0.15) is 0 Å². The highest BCUT2D eigenvalue weighted by Crippen LogP contribution is 2.28. The van der Waals surface area contributed by atoms with E-state index in [4.69, 9.17) is 0 Å². The largest absolute Gasteiger partial charge is 0.326 e. The fraction of sp³-hybridized carbons (Fsp3) is 0.938. The van der Waals surface area contributed by atoms with Gasteiger partial charge >= 0.3 is 0 Å². The second-order valence-corrected chi connectivity index (χ2v) is 7.15. The summed E-state index contributed by atoms with van der Waals surface area (Å²) in [6.07, 6.45) is 5.18. The molecular weight excluding hydrogens is 236 g/mol. The van der Waals surface area contributed by atoms with Gasteiger partial charge in [-0.1, -0.05) is 53.9 Å². The van der Waals surface area contributed by atoms with Crippen LogP contribution in [0.4, 0.5) is 0 Å². The monoisotopic (exact) mass is 268 g/mol.